The Kier molecular flexibility index (Phi) is 10.5. The maximum atomic E-state index is 10.9. The molecule has 0 heterocycles. The number of esters is 1. The average Bonchev–Trinajstić information content (AvgIpc) is 2.31. The summed E-state index contributed by atoms with van der Waals surface area (Å²) in [5.41, 5.74) is 5.51. The molecule has 0 aromatic carbocycles. The highest BCUT2D eigenvalue weighted by atomic mass is 16.5. The van der Waals surface area contributed by atoms with E-state index in [0.29, 0.717) is 6.61 Å². The average molecular weight is 231 g/mol. The first-order valence-electron chi connectivity index (χ1n) is 6.13. The van der Waals surface area contributed by atoms with Crippen LogP contribution in [-0.4, -0.2) is 32.3 Å². The van der Waals surface area contributed by atoms with Crippen molar-refractivity contribution in [2.75, 3.05) is 20.3 Å². The summed E-state index contributed by atoms with van der Waals surface area (Å²) in [4.78, 5) is 10.9. The van der Waals surface area contributed by atoms with Gasteiger partial charge in [-0.3, -0.25) is 4.79 Å². The van der Waals surface area contributed by atoms with Gasteiger partial charge in [0.1, 0.15) is 6.04 Å². The van der Waals surface area contributed by atoms with Crippen LogP contribution in [0.4, 0.5) is 0 Å². The van der Waals surface area contributed by atoms with Gasteiger partial charge in [0.15, 0.2) is 0 Å². The largest absolute Gasteiger partial charge is 0.468 e. The number of ether oxygens (including phenoxy) is 2. The number of hydrogen-bond acceptors (Lipinski definition) is 4. The van der Waals surface area contributed by atoms with Gasteiger partial charge in [-0.2, -0.15) is 0 Å². The van der Waals surface area contributed by atoms with E-state index in [-0.39, 0.29) is 6.61 Å². The van der Waals surface area contributed by atoms with Crippen LogP contribution in [0.15, 0.2) is 0 Å². The zero-order valence-electron chi connectivity index (χ0n) is 10.5. The quantitative estimate of drug-likeness (QED) is 0.460. The highest BCUT2D eigenvalue weighted by molar-refractivity contribution is 5.75. The summed E-state index contributed by atoms with van der Waals surface area (Å²) in [7, 11) is 1.33. The number of hydrogen-bond donors (Lipinski definition) is 1. The van der Waals surface area contributed by atoms with Gasteiger partial charge in [-0.05, 0) is 6.42 Å². The molecule has 0 saturated heterocycles. The van der Waals surface area contributed by atoms with Crippen molar-refractivity contribution in [2.45, 2.75) is 51.5 Å². The Morgan fingerprint density at radius 1 is 1.19 bits per heavy atom. The first kappa shape index (κ1) is 15.4. The number of carbonyl (C=O) groups is 1. The molecule has 0 rings (SSSR count). The normalized spacial score (nSPS) is 12.4. The summed E-state index contributed by atoms with van der Waals surface area (Å²) in [5.74, 6) is -0.414. The fourth-order valence-electron chi connectivity index (χ4n) is 1.41. The fourth-order valence-corrected chi connectivity index (χ4v) is 1.41. The zero-order chi connectivity index (χ0) is 12.2. The Labute approximate surface area is 98.5 Å². The maximum absolute atomic E-state index is 10.9. The van der Waals surface area contributed by atoms with Gasteiger partial charge in [0.05, 0.1) is 13.7 Å². The second kappa shape index (κ2) is 10.9. The van der Waals surface area contributed by atoms with Gasteiger partial charge in [-0.25, -0.2) is 0 Å². The highest BCUT2D eigenvalue weighted by Crippen LogP contribution is 2.04. The van der Waals surface area contributed by atoms with Crippen molar-refractivity contribution in [1.29, 1.82) is 0 Å². The Balaban J connectivity index is 3.17. The summed E-state index contributed by atoms with van der Waals surface area (Å²) < 4.78 is 9.79. The third kappa shape index (κ3) is 8.68. The minimum Gasteiger partial charge on any atom is -0.468 e. The van der Waals surface area contributed by atoms with E-state index in [2.05, 4.69) is 11.7 Å². The number of unbranched alkanes of at least 4 members (excludes halogenated alkanes) is 5. The summed E-state index contributed by atoms with van der Waals surface area (Å²) >= 11 is 0. The predicted molar refractivity (Wildman–Crippen MR) is 64.2 cm³/mol. The molecule has 4 nitrogen and oxygen atoms in total. The standard InChI is InChI=1S/C12H25NO3/c1-3-4-5-6-7-8-9-16-10-11(13)12(14)15-2/h11H,3-10,13H2,1-2H3. The molecule has 4 heteroatoms. The second-order valence-electron chi connectivity index (χ2n) is 3.97. The van der Waals surface area contributed by atoms with Crippen LogP contribution in [0.1, 0.15) is 45.4 Å². The minimum atomic E-state index is -0.648. The van der Waals surface area contributed by atoms with E-state index in [1.807, 2.05) is 0 Å². The Bertz CT molecular complexity index is 174. The Morgan fingerprint density at radius 3 is 2.44 bits per heavy atom. The monoisotopic (exact) mass is 231 g/mol. The third-order valence-corrected chi connectivity index (χ3v) is 2.44. The molecule has 0 amide bonds. The van der Waals surface area contributed by atoms with Crippen LogP contribution in [0.3, 0.4) is 0 Å². The van der Waals surface area contributed by atoms with Crippen molar-refractivity contribution >= 4 is 5.97 Å². The van der Waals surface area contributed by atoms with Gasteiger partial charge < -0.3 is 15.2 Å². The van der Waals surface area contributed by atoms with Crippen LogP contribution in [0.25, 0.3) is 0 Å². The molecule has 1 atom stereocenters. The molecule has 0 spiro atoms. The van der Waals surface area contributed by atoms with E-state index in [1.165, 1.54) is 39.2 Å². The lowest BCUT2D eigenvalue weighted by Gasteiger charge is -2.09. The van der Waals surface area contributed by atoms with E-state index < -0.39 is 12.0 Å². The van der Waals surface area contributed by atoms with Gasteiger partial charge in [-0.15, -0.1) is 0 Å². The number of nitrogens with two attached hydrogens (primary N) is 1. The van der Waals surface area contributed by atoms with Crippen molar-refractivity contribution in [1.82, 2.24) is 0 Å². The SMILES string of the molecule is CCCCCCCCOCC(N)C(=O)OC. The molecule has 16 heavy (non-hydrogen) atoms. The van der Waals surface area contributed by atoms with E-state index in [1.54, 1.807) is 0 Å². The van der Waals surface area contributed by atoms with E-state index in [0.717, 1.165) is 6.42 Å². The third-order valence-electron chi connectivity index (χ3n) is 2.44. The smallest absolute Gasteiger partial charge is 0.325 e. The molecular formula is C12H25NO3. The first-order chi connectivity index (χ1) is 7.72. The van der Waals surface area contributed by atoms with Gasteiger partial charge >= 0.3 is 5.97 Å². The Morgan fingerprint density at radius 2 is 1.81 bits per heavy atom. The van der Waals surface area contributed by atoms with Crippen LogP contribution < -0.4 is 5.73 Å². The predicted octanol–water partition coefficient (Wildman–Crippen LogP) is 1.86. The topological polar surface area (TPSA) is 61.5 Å². The highest BCUT2D eigenvalue weighted by Gasteiger charge is 2.12. The zero-order valence-corrected chi connectivity index (χ0v) is 10.5. The van der Waals surface area contributed by atoms with Gasteiger partial charge in [0.25, 0.3) is 0 Å². The molecule has 0 aliphatic heterocycles. The van der Waals surface area contributed by atoms with Crippen molar-refractivity contribution in [3.05, 3.63) is 0 Å². The molecule has 0 bridgehead atoms. The lowest BCUT2D eigenvalue weighted by molar-refractivity contribution is -0.143. The first-order valence-corrected chi connectivity index (χ1v) is 6.13. The molecule has 0 aliphatic rings. The summed E-state index contributed by atoms with van der Waals surface area (Å²) in [6, 6.07) is -0.648. The van der Waals surface area contributed by atoms with Crippen LogP contribution in [0.5, 0.6) is 0 Å². The molecule has 0 aromatic heterocycles. The van der Waals surface area contributed by atoms with Crippen molar-refractivity contribution in [3.63, 3.8) is 0 Å². The summed E-state index contributed by atoms with van der Waals surface area (Å²) in [6.07, 6.45) is 7.38. The van der Waals surface area contributed by atoms with Crippen molar-refractivity contribution in [3.8, 4) is 0 Å². The van der Waals surface area contributed by atoms with Crippen LogP contribution >= 0.6 is 0 Å². The molecule has 0 saturated carbocycles. The molecule has 0 radical (unpaired) electrons. The van der Waals surface area contributed by atoms with E-state index in [9.17, 15) is 4.79 Å². The Hall–Kier alpha value is -0.610. The minimum absolute atomic E-state index is 0.252. The number of carbonyl (C=O) groups excluding carboxylic acids is 1. The second-order valence-corrected chi connectivity index (χ2v) is 3.97. The van der Waals surface area contributed by atoms with Crippen molar-refractivity contribution < 1.29 is 14.3 Å². The van der Waals surface area contributed by atoms with Gasteiger partial charge in [0, 0.05) is 6.61 Å². The lowest BCUT2D eigenvalue weighted by atomic mass is 10.1. The maximum Gasteiger partial charge on any atom is 0.325 e. The van der Waals surface area contributed by atoms with Gasteiger partial charge in [0.2, 0.25) is 0 Å². The molecule has 0 aliphatic carbocycles. The molecule has 2 N–H and O–H groups in total. The van der Waals surface area contributed by atoms with Crippen LogP contribution in [0, 0.1) is 0 Å². The van der Waals surface area contributed by atoms with E-state index in [4.69, 9.17) is 10.5 Å². The number of rotatable bonds is 10. The van der Waals surface area contributed by atoms with E-state index >= 15 is 0 Å². The molecule has 96 valence electrons. The summed E-state index contributed by atoms with van der Waals surface area (Å²) in [5, 5.41) is 0. The molecule has 0 fully saturated rings. The lowest BCUT2D eigenvalue weighted by Crippen LogP contribution is -2.36. The fraction of sp³-hybridized carbons (Fsp3) is 0.917. The summed E-state index contributed by atoms with van der Waals surface area (Å²) in [6.45, 7) is 3.13. The molecular weight excluding hydrogens is 206 g/mol. The number of methoxy groups -OCH3 is 1. The van der Waals surface area contributed by atoms with Crippen LogP contribution in [-0.2, 0) is 14.3 Å². The molecule has 1 unspecified atom stereocenters. The van der Waals surface area contributed by atoms with Gasteiger partial charge in [-0.1, -0.05) is 39.0 Å². The van der Waals surface area contributed by atoms with Crippen molar-refractivity contribution in [2.24, 2.45) is 5.73 Å². The van der Waals surface area contributed by atoms with Crippen LogP contribution in [0.2, 0.25) is 0 Å². The molecule has 0 aromatic rings.